The molecule has 39 heavy (non-hydrogen) atoms. The Hall–Kier alpha value is -3.84. The van der Waals surface area contributed by atoms with Gasteiger partial charge in [0.2, 0.25) is 0 Å². The highest BCUT2D eigenvalue weighted by molar-refractivity contribution is 7.16. The summed E-state index contributed by atoms with van der Waals surface area (Å²) in [6, 6.07) is 18.6. The number of ether oxygens (including phenoxy) is 2. The molecule has 2 N–H and O–H groups in total. The van der Waals surface area contributed by atoms with Gasteiger partial charge in [0.25, 0.3) is 5.91 Å². The van der Waals surface area contributed by atoms with Crippen molar-refractivity contribution in [1.82, 2.24) is 5.32 Å². The Kier molecular flexibility index (Phi) is 6.34. The molecule has 0 fully saturated rings. The largest absolute Gasteiger partial charge is 0.493 e. The summed E-state index contributed by atoms with van der Waals surface area (Å²) in [5, 5.41) is 9.38. The molecule has 0 unspecified atom stereocenters. The zero-order valence-electron chi connectivity index (χ0n) is 22.6. The molecule has 7 heteroatoms. The molecule has 2 atom stereocenters. The molecule has 1 aliphatic carbocycles. The summed E-state index contributed by atoms with van der Waals surface area (Å²) >= 11 is 1.71. The van der Waals surface area contributed by atoms with Crippen LogP contribution >= 0.6 is 11.3 Å². The lowest BCUT2D eigenvalue weighted by Crippen LogP contribution is -2.38. The van der Waals surface area contributed by atoms with Crippen LogP contribution in [0, 0.1) is 11.3 Å². The highest BCUT2D eigenvalue weighted by atomic mass is 32.1. The molecule has 0 saturated carbocycles. The average molecular weight is 541 g/mol. The van der Waals surface area contributed by atoms with Crippen molar-refractivity contribution < 1.29 is 19.1 Å². The van der Waals surface area contributed by atoms with Crippen molar-refractivity contribution in [3.05, 3.63) is 87.8 Å². The molecule has 1 amide bonds. The Morgan fingerprint density at radius 3 is 2.59 bits per heavy atom. The number of anilines is 1. The zero-order chi connectivity index (χ0) is 27.3. The van der Waals surface area contributed by atoms with Gasteiger partial charge in [-0.05, 0) is 70.7 Å². The summed E-state index contributed by atoms with van der Waals surface area (Å²) in [6.07, 6.45) is 2.64. The van der Waals surface area contributed by atoms with E-state index in [1.807, 2.05) is 42.5 Å². The SMILES string of the molecule is COc1cc([C@@H]2NC(=O)c3c(sc4c3CC[C@H](C(C)(C)C)C4)N2)ccc1OC(=O)c1cccc2ccccc12. The molecule has 0 radical (unpaired) electrons. The molecule has 0 bridgehead atoms. The van der Waals surface area contributed by atoms with Crippen LogP contribution in [0.15, 0.2) is 60.7 Å². The number of hydrogen-bond donors (Lipinski definition) is 2. The average Bonchev–Trinajstić information content (AvgIpc) is 3.30. The van der Waals surface area contributed by atoms with Crippen LogP contribution in [-0.2, 0) is 12.8 Å². The first-order valence-corrected chi connectivity index (χ1v) is 14.1. The number of carbonyl (C=O) groups excluding carboxylic acids is 2. The van der Waals surface area contributed by atoms with Crippen LogP contribution < -0.4 is 20.1 Å². The van der Waals surface area contributed by atoms with E-state index in [9.17, 15) is 9.59 Å². The lowest BCUT2D eigenvalue weighted by atomic mass is 9.72. The molecule has 0 saturated heterocycles. The van der Waals surface area contributed by atoms with E-state index in [4.69, 9.17) is 9.47 Å². The van der Waals surface area contributed by atoms with Gasteiger partial charge < -0.3 is 20.1 Å². The van der Waals surface area contributed by atoms with Crippen LogP contribution in [-0.4, -0.2) is 19.0 Å². The molecule has 1 aliphatic heterocycles. The third kappa shape index (κ3) is 4.65. The fraction of sp³-hybridized carbons (Fsp3) is 0.312. The second kappa shape index (κ2) is 9.72. The maximum atomic E-state index is 13.3. The summed E-state index contributed by atoms with van der Waals surface area (Å²) in [5.41, 5.74) is 3.55. The summed E-state index contributed by atoms with van der Waals surface area (Å²) < 4.78 is 11.4. The minimum absolute atomic E-state index is 0.0501. The van der Waals surface area contributed by atoms with E-state index in [0.29, 0.717) is 23.0 Å². The lowest BCUT2D eigenvalue weighted by molar-refractivity contribution is 0.0731. The standard InChI is InChI=1S/C32H32N2O4S/c1-32(2,3)20-13-14-23-26(17-20)39-30-27(23)29(35)33-28(34-30)19-12-15-24(25(16-19)37-4)38-31(36)22-11-7-9-18-8-5-6-10-21(18)22/h5-12,15-16,20,28,34H,13-14,17H2,1-4H3,(H,33,35)/t20-,28+/m0/s1. The number of carbonyl (C=O) groups is 2. The second-order valence-electron chi connectivity index (χ2n) is 11.4. The van der Waals surface area contributed by atoms with Crippen LogP contribution in [0.5, 0.6) is 11.5 Å². The summed E-state index contributed by atoms with van der Waals surface area (Å²) in [4.78, 5) is 27.7. The van der Waals surface area contributed by atoms with Gasteiger partial charge in [0.05, 0.1) is 18.2 Å². The predicted octanol–water partition coefficient (Wildman–Crippen LogP) is 7.13. The second-order valence-corrected chi connectivity index (χ2v) is 12.5. The van der Waals surface area contributed by atoms with Crippen LogP contribution in [0.3, 0.4) is 0 Å². The lowest BCUT2D eigenvalue weighted by Gasteiger charge is -2.34. The van der Waals surface area contributed by atoms with Crippen molar-refractivity contribution in [2.75, 3.05) is 12.4 Å². The molecule has 4 aromatic rings. The van der Waals surface area contributed by atoms with Gasteiger partial charge in [-0.2, -0.15) is 0 Å². The number of methoxy groups -OCH3 is 1. The number of hydrogen-bond acceptors (Lipinski definition) is 6. The first kappa shape index (κ1) is 25.4. The van der Waals surface area contributed by atoms with Crippen molar-refractivity contribution in [1.29, 1.82) is 0 Å². The quantitative estimate of drug-likeness (QED) is 0.213. The highest BCUT2D eigenvalue weighted by Crippen LogP contribution is 2.46. The van der Waals surface area contributed by atoms with E-state index in [2.05, 4.69) is 31.4 Å². The molecule has 200 valence electrons. The minimum atomic E-state index is -0.454. The van der Waals surface area contributed by atoms with E-state index in [0.717, 1.165) is 46.2 Å². The van der Waals surface area contributed by atoms with Crippen LogP contribution in [0.4, 0.5) is 5.00 Å². The molecule has 1 aromatic heterocycles. The van der Waals surface area contributed by atoms with Gasteiger partial charge in [-0.15, -0.1) is 11.3 Å². The monoisotopic (exact) mass is 540 g/mol. The van der Waals surface area contributed by atoms with E-state index in [-0.39, 0.29) is 11.3 Å². The number of thiophene rings is 1. The third-order valence-corrected chi connectivity index (χ3v) is 9.19. The normalized spacial score (nSPS) is 18.5. The van der Waals surface area contributed by atoms with Crippen molar-refractivity contribution >= 4 is 39.0 Å². The van der Waals surface area contributed by atoms with Crippen LogP contribution in [0.2, 0.25) is 0 Å². The van der Waals surface area contributed by atoms with Gasteiger partial charge in [-0.3, -0.25) is 4.79 Å². The molecule has 6 nitrogen and oxygen atoms in total. The van der Waals surface area contributed by atoms with Gasteiger partial charge >= 0.3 is 5.97 Å². The molecule has 0 spiro atoms. The van der Waals surface area contributed by atoms with Gasteiger partial charge in [0.1, 0.15) is 11.2 Å². The van der Waals surface area contributed by atoms with Crippen molar-refractivity contribution in [2.24, 2.45) is 11.3 Å². The van der Waals surface area contributed by atoms with Gasteiger partial charge in [-0.25, -0.2) is 4.79 Å². The van der Waals surface area contributed by atoms with E-state index in [1.54, 1.807) is 29.5 Å². The van der Waals surface area contributed by atoms with Crippen LogP contribution in [0.1, 0.15) is 70.1 Å². The topological polar surface area (TPSA) is 76.7 Å². The Labute approximate surface area is 232 Å². The highest BCUT2D eigenvalue weighted by Gasteiger charge is 2.36. The summed E-state index contributed by atoms with van der Waals surface area (Å²) in [7, 11) is 1.54. The number of fused-ring (bicyclic) bond motifs is 4. The van der Waals surface area contributed by atoms with Crippen molar-refractivity contribution in [2.45, 2.75) is 46.2 Å². The summed E-state index contributed by atoms with van der Waals surface area (Å²) in [5.74, 6) is 0.843. The molecule has 6 rings (SSSR count). The van der Waals surface area contributed by atoms with Crippen LogP contribution in [0.25, 0.3) is 10.8 Å². The maximum absolute atomic E-state index is 13.3. The molecule has 2 aliphatic rings. The maximum Gasteiger partial charge on any atom is 0.344 e. The fourth-order valence-corrected chi connectivity index (χ4v) is 7.06. The number of rotatable bonds is 4. The molecule has 3 aromatic carbocycles. The van der Waals surface area contributed by atoms with E-state index < -0.39 is 12.1 Å². The molecular formula is C32H32N2O4S. The fourth-order valence-electron chi connectivity index (χ4n) is 5.71. The minimum Gasteiger partial charge on any atom is -0.493 e. The van der Waals surface area contributed by atoms with Gasteiger partial charge in [0.15, 0.2) is 11.5 Å². The number of amides is 1. The zero-order valence-corrected chi connectivity index (χ0v) is 23.4. The number of nitrogens with one attached hydrogen (secondary N) is 2. The first-order valence-electron chi connectivity index (χ1n) is 13.3. The predicted molar refractivity (Wildman–Crippen MR) is 155 cm³/mol. The van der Waals surface area contributed by atoms with Crippen molar-refractivity contribution in [3.8, 4) is 11.5 Å². The number of esters is 1. The Morgan fingerprint density at radius 1 is 1.00 bits per heavy atom. The van der Waals surface area contributed by atoms with Crippen molar-refractivity contribution in [3.63, 3.8) is 0 Å². The Bertz CT molecular complexity index is 1590. The van der Waals surface area contributed by atoms with Gasteiger partial charge in [-0.1, -0.05) is 63.2 Å². The Morgan fingerprint density at radius 2 is 1.79 bits per heavy atom. The first-order chi connectivity index (χ1) is 18.7. The summed E-state index contributed by atoms with van der Waals surface area (Å²) in [6.45, 7) is 6.90. The smallest absolute Gasteiger partial charge is 0.344 e. The molecule has 2 heterocycles. The van der Waals surface area contributed by atoms with Gasteiger partial charge in [0, 0.05) is 4.88 Å². The third-order valence-electron chi connectivity index (χ3n) is 8.00. The van der Waals surface area contributed by atoms with E-state index in [1.165, 1.54) is 17.6 Å². The van der Waals surface area contributed by atoms with E-state index >= 15 is 0 Å². The number of benzene rings is 3. The molecular weight excluding hydrogens is 508 g/mol. The Balaban J connectivity index is 1.24.